The Balaban J connectivity index is 1.47. The zero-order valence-electron chi connectivity index (χ0n) is 16.6. The molecule has 0 atom stereocenters. The first-order chi connectivity index (χ1) is 14.5. The SMILES string of the molecule is Cc1ccc(C(=O)NCCCOc2ccccc2F)cc1OCc1cnc(N)nc1. The number of nitrogens with two attached hydrogens (primary N) is 1. The molecule has 8 heteroatoms. The molecule has 1 heterocycles. The molecule has 0 saturated heterocycles. The lowest BCUT2D eigenvalue weighted by atomic mass is 10.1. The second-order valence-corrected chi connectivity index (χ2v) is 6.61. The number of aromatic nitrogens is 2. The van der Waals surface area contributed by atoms with E-state index in [4.69, 9.17) is 15.2 Å². The molecule has 0 aliphatic heterocycles. The molecular weight excluding hydrogens is 387 g/mol. The van der Waals surface area contributed by atoms with E-state index in [0.717, 1.165) is 11.1 Å². The van der Waals surface area contributed by atoms with Gasteiger partial charge in [0.15, 0.2) is 11.6 Å². The molecule has 3 N–H and O–H groups in total. The third kappa shape index (κ3) is 5.91. The van der Waals surface area contributed by atoms with Crippen LogP contribution in [0.2, 0.25) is 0 Å². The topological polar surface area (TPSA) is 99.4 Å². The average Bonchev–Trinajstić information content (AvgIpc) is 2.75. The van der Waals surface area contributed by atoms with E-state index >= 15 is 0 Å². The maximum absolute atomic E-state index is 13.5. The Hall–Kier alpha value is -3.68. The molecule has 0 radical (unpaired) electrons. The number of nitrogen functional groups attached to an aromatic ring is 1. The van der Waals surface area contributed by atoms with E-state index in [9.17, 15) is 9.18 Å². The van der Waals surface area contributed by atoms with Gasteiger partial charge >= 0.3 is 0 Å². The number of benzene rings is 2. The van der Waals surface area contributed by atoms with Crippen molar-refractivity contribution < 1.29 is 18.7 Å². The van der Waals surface area contributed by atoms with E-state index in [1.165, 1.54) is 6.07 Å². The van der Waals surface area contributed by atoms with Gasteiger partial charge < -0.3 is 20.5 Å². The first kappa shape index (κ1) is 21.0. The summed E-state index contributed by atoms with van der Waals surface area (Å²) in [5.74, 6) is 0.381. The number of amides is 1. The smallest absolute Gasteiger partial charge is 0.251 e. The van der Waals surface area contributed by atoms with Gasteiger partial charge in [-0.15, -0.1) is 0 Å². The van der Waals surface area contributed by atoms with Gasteiger partial charge in [0, 0.05) is 30.1 Å². The van der Waals surface area contributed by atoms with Crippen LogP contribution in [0.5, 0.6) is 11.5 Å². The van der Waals surface area contributed by atoms with Gasteiger partial charge in [0.2, 0.25) is 5.95 Å². The van der Waals surface area contributed by atoms with Crippen LogP contribution in [0, 0.1) is 12.7 Å². The van der Waals surface area contributed by atoms with Crippen molar-refractivity contribution >= 4 is 11.9 Å². The van der Waals surface area contributed by atoms with Crippen molar-refractivity contribution in [2.45, 2.75) is 20.0 Å². The van der Waals surface area contributed by atoms with Crippen molar-refractivity contribution in [3.05, 3.63) is 77.4 Å². The minimum Gasteiger partial charge on any atom is -0.490 e. The molecule has 0 fully saturated rings. The highest BCUT2D eigenvalue weighted by Crippen LogP contribution is 2.21. The van der Waals surface area contributed by atoms with Crippen molar-refractivity contribution in [2.24, 2.45) is 0 Å². The summed E-state index contributed by atoms with van der Waals surface area (Å²) in [7, 11) is 0. The highest BCUT2D eigenvalue weighted by Gasteiger charge is 2.09. The number of nitrogens with one attached hydrogen (secondary N) is 1. The van der Waals surface area contributed by atoms with Crippen molar-refractivity contribution in [1.82, 2.24) is 15.3 Å². The van der Waals surface area contributed by atoms with E-state index in [-0.39, 0.29) is 24.2 Å². The number of hydrogen-bond acceptors (Lipinski definition) is 6. The summed E-state index contributed by atoms with van der Waals surface area (Å²) in [6.07, 6.45) is 3.74. The second-order valence-electron chi connectivity index (χ2n) is 6.61. The fourth-order valence-corrected chi connectivity index (χ4v) is 2.62. The average molecular weight is 410 g/mol. The van der Waals surface area contributed by atoms with Crippen LogP contribution in [0.4, 0.5) is 10.3 Å². The molecule has 3 rings (SSSR count). The molecule has 0 unspecified atom stereocenters. The molecule has 2 aromatic carbocycles. The van der Waals surface area contributed by atoms with E-state index in [1.807, 2.05) is 13.0 Å². The van der Waals surface area contributed by atoms with Gasteiger partial charge in [0.25, 0.3) is 5.91 Å². The highest BCUT2D eigenvalue weighted by atomic mass is 19.1. The van der Waals surface area contributed by atoms with Crippen molar-refractivity contribution in [2.75, 3.05) is 18.9 Å². The van der Waals surface area contributed by atoms with Crippen molar-refractivity contribution in [1.29, 1.82) is 0 Å². The van der Waals surface area contributed by atoms with Crippen LogP contribution >= 0.6 is 0 Å². The number of para-hydroxylation sites is 1. The lowest BCUT2D eigenvalue weighted by molar-refractivity contribution is 0.0951. The van der Waals surface area contributed by atoms with Gasteiger partial charge in [-0.2, -0.15) is 0 Å². The van der Waals surface area contributed by atoms with Gasteiger partial charge in [-0.05, 0) is 43.2 Å². The van der Waals surface area contributed by atoms with Crippen molar-refractivity contribution in [3.63, 3.8) is 0 Å². The summed E-state index contributed by atoms with van der Waals surface area (Å²) >= 11 is 0. The molecule has 0 aliphatic rings. The van der Waals surface area contributed by atoms with Crippen molar-refractivity contribution in [3.8, 4) is 11.5 Å². The zero-order valence-corrected chi connectivity index (χ0v) is 16.6. The number of anilines is 1. The molecule has 0 aliphatic carbocycles. The maximum atomic E-state index is 13.5. The number of nitrogens with zero attached hydrogens (tertiary/aromatic N) is 2. The van der Waals surface area contributed by atoms with Crippen LogP contribution in [0.1, 0.15) is 27.9 Å². The molecular formula is C22H23FN4O3. The van der Waals surface area contributed by atoms with E-state index in [2.05, 4.69) is 15.3 Å². The van der Waals surface area contributed by atoms with Crippen LogP contribution in [-0.4, -0.2) is 29.0 Å². The number of hydrogen-bond donors (Lipinski definition) is 2. The summed E-state index contributed by atoms with van der Waals surface area (Å²) in [6, 6.07) is 11.5. The van der Waals surface area contributed by atoms with Gasteiger partial charge in [-0.1, -0.05) is 18.2 Å². The third-order valence-corrected chi connectivity index (χ3v) is 4.27. The largest absolute Gasteiger partial charge is 0.490 e. The van der Waals surface area contributed by atoms with Gasteiger partial charge in [0.05, 0.1) is 6.61 Å². The summed E-state index contributed by atoms with van der Waals surface area (Å²) < 4.78 is 24.7. The lowest BCUT2D eigenvalue weighted by Crippen LogP contribution is -2.25. The lowest BCUT2D eigenvalue weighted by Gasteiger charge is -2.12. The number of carbonyl (C=O) groups excluding carboxylic acids is 1. The van der Waals surface area contributed by atoms with E-state index in [1.54, 1.807) is 42.7 Å². The monoisotopic (exact) mass is 410 g/mol. The zero-order chi connectivity index (χ0) is 21.3. The number of halogens is 1. The quantitative estimate of drug-likeness (QED) is 0.525. The number of rotatable bonds is 9. The molecule has 0 saturated carbocycles. The van der Waals surface area contributed by atoms with Crippen LogP contribution in [0.15, 0.2) is 54.9 Å². The molecule has 1 amide bonds. The van der Waals surface area contributed by atoms with Gasteiger partial charge in [0.1, 0.15) is 12.4 Å². The first-order valence-electron chi connectivity index (χ1n) is 9.48. The standard InChI is InChI=1S/C22H23FN4O3/c1-15-7-8-17(11-20(15)30-14-16-12-26-22(24)27-13-16)21(28)25-9-4-10-29-19-6-3-2-5-18(19)23/h2-3,5-8,11-13H,4,9-10,14H2,1H3,(H,25,28)(H2,24,26,27). The predicted molar refractivity (Wildman–Crippen MR) is 111 cm³/mol. The normalized spacial score (nSPS) is 10.5. The molecule has 1 aromatic heterocycles. The Morgan fingerprint density at radius 1 is 1.10 bits per heavy atom. The summed E-state index contributed by atoms with van der Waals surface area (Å²) in [4.78, 5) is 20.3. The number of carbonyl (C=O) groups is 1. The number of aryl methyl sites for hydroxylation is 1. The molecule has 0 bridgehead atoms. The fourth-order valence-electron chi connectivity index (χ4n) is 2.62. The van der Waals surface area contributed by atoms with E-state index < -0.39 is 5.82 Å². The number of ether oxygens (including phenoxy) is 2. The van der Waals surface area contributed by atoms with Crippen LogP contribution in [0.3, 0.4) is 0 Å². The second kappa shape index (κ2) is 10.2. The summed E-state index contributed by atoms with van der Waals surface area (Å²) in [5.41, 5.74) is 7.64. The minimum absolute atomic E-state index is 0.202. The van der Waals surface area contributed by atoms with Gasteiger partial charge in [-0.3, -0.25) is 4.79 Å². The third-order valence-electron chi connectivity index (χ3n) is 4.27. The fraction of sp³-hybridized carbons (Fsp3) is 0.227. The Morgan fingerprint density at radius 3 is 2.63 bits per heavy atom. The Kier molecular flexibility index (Phi) is 7.15. The van der Waals surface area contributed by atoms with Gasteiger partial charge in [-0.25, -0.2) is 14.4 Å². The minimum atomic E-state index is -0.403. The van der Waals surface area contributed by atoms with Crippen LogP contribution in [0.25, 0.3) is 0 Å². The molecule has 7 nitrogen and oxygen atoms in total. The molecule has 3 aromatic rings. The van der Waals surface area contributed by atoms with Crippen LogP contribution < -0.4 is 20.5 Å². The molecule has 30 heavy (non-hydrogen) atoms. The Labute approximate surface area is 174 Å². The Bertz CT molecular complexity index is 996. The molecule has 156 valence electrons. The van der Waals surface area contributed by atoms with Crippen LogP contribution in [-0.2, 0) is 6.61 Å². The molecule has 0 spiro atoms. The summed E-state index contributed by atoms with van der Waals surface area (Å²) in [5, 5.41) is 2.82. The highest BCUT2D eigenvalue weighted by molar-refractivity contribution is 5.94. The summed E-state index contributed by atoms with van der Waals surface area (Å²) in [6.45, 7) is 2.86. The maximum Gasteiger partial charge on any atom is 0.251 e. The Morgan fingerprint density at radius 2 is 1.87 bits per heavy atom. The van der Waals surface area contributed by atoms with E-state index in [0.29, 0.717) is 30.9 Å². The first-order valence-corrected chi connectivity index (χ1v) is 9.48. The predicted octanol–water partition coefficient (Wildman–Crippen LogP) is 3.28.